The molecule has 0 amide bonds. The highest BCUT2D eigenvalue weighted by Crippen LogP contribution is 2.42. The molecule has 2 rings (SSSR count). The highest BCUT2D eigenvalue weighted by molar-refractivity contribution is 6.35. The van der Waals surface area contributed by atoms with Gasteiger partial charge in [-0.15, -0.1) is 0 Å². The molecule has 0 spiro atoms. The Morgan fingerprint density at radius 3 is 2.55 bits per heavy atom. The molecule has 0 bridgehead atoms. The maximum atomic E-state index is 13.2. The van der Waals surface area contributed by atoms with E-state index < -0.39 is 35.6 Å². The van der Waals surface area contributed by atoms with Crippen molar-refractivity contribution in [3.63, 3.8) is 0 Å². The van der Waals surface area contributed by atoms with Crippen LogP contribution in [0.2, 0.25) is 10.0 Å². The first-order valence-corrected chi connectivity index (χ1v) is 7.40. The molecule has 0 fully saturated rings. The number of hydrogen-bond donors (Lipinski definition) is 0. The zero-order chi connectivity index (χ0) is 16.7. The zero-order valence-corrected chi connectivity index (χ0v) is 13.4. The van der Waals surface area contributed by atoms with E-state index >= 15 is 0 Å². The van der Waals surface area contributed by atoms with Gasteiger partial charge < -0.3 is 4.74 Å². The van der Waals surface area contributed by atoms with Gasteiger partial charge in [-0.3, -0.25) is 0 Å². The predicted octanol–water partition coefficient (Wildman–Crippen LogP) is 5.24. The number of carbonyl (C=O) groups excluding carboxylic acids is 1. The average molecular weight is 374 g/mol. The second-order valence-electron chi connectivity index (χ2n) is 4.80. The Labute approximate surface area is 139 Å². The van der Waals surface area contributed by atoms with E-state index in [4.69, 9.17) is 34.8 Å². The molecule has 0 radical (unpaired) electrons. The summed E-state index contributed by atoms with van der Waals surface area (Å²) in [6.07, 6.45) is -3.95. The molecule has 1 aliphatic rings. The van der Waals surface area contributed by atoms with Gasteiger partial charge in [-0.1, -0.05) is 34.8 Å². The summed E-state index contributed by atoms with van der Waals surface area (Å²) in [5, 5.41) is 0.398. The number of ether oxygens (including phenoxy) is 1. The lowest BCUT2D eigenvalue weighted by atomic mass is 9.83. The van der Waals surface area contributed by atoms with Gasteiger partial charge in [0.15, 0.2) is 5.56 Å². The summed E-state index contributed by atoms with van der Waals surface area (Å²) in [5.74, 6) is -3.10. The smallest absolute Gasteiger partial charge is 0.396 e. The van der Waals surface area contributed by atoms with Crippen LogP contribution in [0.5, 0.6) is 0 Å². The van der Waals surface area contributed by atoms with Crippen LogP contribution in [0.4, 0.5) is 13.2 Å². The lowest BCUT2D eigenvalue weighted by Crippen LogP contribution is -2.33. The van der Waals surface area contributed by atoms with Gasteiger partial charge in [0, 0.05) is 10.0 Å². The van der Waals surface area contributed by atoms with E-state index in [1.54, 1.807) is 0 Å². The Balaban J connectivity index is 2.53. The first-order valence-electron chi connectivity index (χ1n) is 6.21. The largest absolute Gasteiger partial charge is 0.443 e. The van der Waals surface area contributed by atoms with Gasteiger partial charge in [-0.05, 0) is 42.7 Å². The number of carbonyl (C=O) groups is 1. The molecule has 0 saturated carbocycles. The molecule has 8 heteroatoms. The number of alkyl halides is 4. The molecule has 0 aromatic heterocycles. The summed E-state index contributed by atoms with van der Waals surface area (Å²) in [6.45, 7) is 1.34. The molecule has 1 aliphatic carbocycles. The minimum Gasteiger partial charge on any atom is -0.443 e. The Morgan fingerprint density at radius 2 is 2.00 bits per heavy atom. The zero-order valence-electron chi connectivity index (χ0n) is 11.2. The lowest BCUT2D eigenvalue weighted by molar-refractivity contribution is -0.171. The summed E-state index contributed by atoms with van der Waals surface area (Å²) in [6, 6.07) is 2.82. The van der Waals surface area contributed by atoms with Crippen LogP contribution in [0.15, 0.2) is 17.7 Å². The summed E-state index contributed by atoms with van der Waals surface area (Å²) in [7, 11) is 0. The van der Waals surface area contributed by atoms with Crippen molar-refractivity contribution in [1.82, 2.24) is 0 Å². The summed E-state index contributed by atoms with van der Waals surface area (Å²) in [5.41, 5.74) is -0.881. The van der Waals surface area contributed by atoms with Gasteiger partial charge in [-0.25, -0.2) is 4.79 Å². The molecule has 1 aromatic carbocycles. The summed E-state index contributed by atoms with van der Waals surface area (Å²) >= 11 is 17.3. The topological polar surface area (TPSA) is 26.3 Å². The first-order chi connectivity index (χ1) is 10.1. The third-order valence-corrected chi connectivity index (χ3v) is 3.83. The number of esters is 1. The van der Waals surface area contributed by atoms with Crippen LogP contribution in [0.1, 0.15) is 18.1 Å². The Hall–Kier alpha value is -0.910. The number of benzene rings is 1. The monoisotopic (exact) mass is 372 g/mol. The molecule has 2 nitrogen and oxygen atoms in total. The second kappa shape index (κ2) is 6.30. The summed E-state index contributed by atoms with van der Waals surface area (Å²) in [4.78, 5) is 11.9. The van der Waals surface area contributed by atoms with Crippen molar-refractivity contribution < 1.29 is 22.7 Å². The van der Waals surface area contributed by atoms with Gasteiger partial charge in [-0.2, -0.15) is 13.2 Å². The van der Waals surface area contributed by atoms with Crippen LogP contribution >= 0.6 is 34.8 Å². The van der Waals surface area contributed by atoms with Crippen LogP contribution in [0.25, 0.3) is 6.08 Å². The molecule has 1 aromatic rings. The molecular weight excluding hydrogens is 364 g/mol. The number of halogens is 6. The van der Waals surface area contributed by atoms with E-state index in [9.17, 15) is 18.0 Å². The normalized spacial score (nSPS) is 19.2. The van der Waals surface area contributed by atoms with E-state index in [0.29, 0.717) is 11.1 Å². The van der Waals surface area contributed by atoms with Crippen LogP contribution in [-0.4, -0.2) is 17.7 Å². The Bertz CT molecular complexity index is 639. The second-order valence-corrected chi connectivity index (χ2v) is 6.26. The van der Waals surface area contributed by atoms with Crippen molar-refractivity contribution in [3.05, 3.63) is 38.9 Å². The highest BCUT2D eigenvalue weighted by Gasteiger charge is 2.46. The van der Waals surface area contributed by atoms with Crippen LogP contribution in [0.3, 0.4) is 0 Å². The molecule has 0 saturated heterocycles. The number of rotatable bonds is 2. The first kappa shape index (κ1) is 17.4. The fourth-order valence-corrected chi connectivity index (χ4v) is 2.93. The standard InChI is InChI=1S/C14H10Cl3F3O2/c1-6(15)22-13(21)10-3-7-2-8(16)4-12(17)9(7)5-11(10)14(18,19)20/h2-4,6,11H,5H2,1H3. The van der Waals surface area contributed by atoms with Gasteiger partial charge in [0.2, 0.25) is 0 Å². The molecule has 2 atom stereocenters. The molecule has 2 unspecified atom stereocenters. The van der Waals surface area contributed by atoms with Gasteiger partial charge in [0.25, 0.3) is 0 Å². The summed E-state index contributed by atoms with van der Waals surface area (Å²) < 4.78 is 44.4. The minimum atomic E-state index is -4.61. The fourth-order valence-electron chi connectivity index (χ4n) is 2.26. The molecule has 22 heavy (non-hydrogen) atoms. The van der Waals surface area contributed by atoms with Gasteiger partial charge in [0.1, 0.15) is 0 Å². The molecule has 120 valence electrons. The lowest BCUT2D eigenvalue weighted by Gasteiger charge is -2.27. The number of fused-ring (bicyclic) bond motifs is 1. The third kappa shape index (κ3) is 3.70. The molecule has 0 heterocycles. The minimum absolute atomic E-state index is 0.131. The van der Waals surface area contributed by atoms with Crippen molar-refractivity contribution in [1.29, 1.82) is 0 Å². The van der Waals surface area contributed by atoms with Crippen LogP contribution in [0, 0.1) is 5.92 Å². The maximum absolute atomic E-state index is 13.2. The highest BCUT2D eigenvalue weighted by atomic mass is 35.5. The Morgan fingerprint density at radius 1 is 1.36 bits per heavy atom. The van der Waals surface area contributed by atoms with Crippen LogP contribution < -0.4 is 0 Å². The van der Waals surface area contributed by atoms with E-state index in [2.05, 4.69) is 4.74 Å². The molecule has 0 N–H and O–H groups in total. The number of hydrogen-bond acceptors (Lipinski definition) is 2. The third-order valence-electron chi connectivity index (χ3n) is 3.19. The average Bonchev–Trinajstić information content (AvgIpc) is 2.35. The van der Waals surface area contributed by atoms with Crippen molar-refractivity contribution in [2.75, 3.05) is 0 Å². The van der Waals surface area contributed by atoms with Gasteiger partial charge >= 0.3 is 12.1 Å². The molecular formula is C14H10Cl3F3O2. The molecule has 0 aliphatic heterocycles. The van der Waals surface area contributed by atoms with E-state index in [0.717, 1.165) is 6.08 Å². The van der Waals surface area contributed by atoms with E-state index in [-0.39, 0.29) is 10.0 Å². The maximum Gasteiger partial charge on any atom is 0.396 e. The van der Waals surface area contributed by atoms with E-state index in [1.807, 2.05) is 0 Å². The van der Waals surface area contributed by atoms with Crippen LogP contribution in [-0.2, 0) is 16.0 Å². The van der Waals surface area contributed by atoms with Gasteiger partial charge in [0.05, 0.1) is 11.5 Å². The fraction of sp³-hybridized carbons (Fsp3) is 0.357. The van der Waals surface area contributed by atoms with Crippen molar-refractivity contribution >= 4 is 46.8 Å². The quantitative estimate of drug-likeness (QED) is 0.523. The van der Waals surface area contributed by atoms with Crippen molar-refractivity contribution in [3.8, 4) is 0 Å². The van der Waals surface area contributed by atoms with Crippen molar-refractivity contribution in [2.24, 2.45) is 5.92 Å². The Kier molecular flexibility index (Phi) is 5.00. The van der Waals surface area contributed by atoms with Crippen molar-refractivity contribution in [2.45, 2.75) is 25.1 Å². The van der Waals surface area contributed by atoms with E-state index in [1.165, 1.54) is 19.1 Å². The SMILES string of the molecule is CC(Cl)OC(=O)C1=Cc2cc(Cl)cc(Cl)c2CC1C(F)(F)F. The predicted molar refractivity (Wildman–Crippen MR) is 79.1 cm³/mol.